The molecule has 4 rings (SSSR count). The highest BCUT2D eigenvalue weighted by Gasteiger charge is 2.29. The van der Waals surface area contributed by atoms with E-state index in [2.05, 4.69) is 33.7 Å². The van der Waals surface area contributed by atoms with Crippen LogP contribution in [0, 0.1) is 6.92 Å². The highest BCUT2D eigenvalue weighted by molar-refractivity contribution is 6.32. The molecule has 2 unspecified atom stereocenters. The lowest BCUT2D eigenvalue weighted by atomic mass is 9.98. The number of nitrogens with one attached hydrogen (secondary N) is 2. The van der Waals surface area contributed by atoms with Crippen LogP contribution in [0.5, 0.6) is 0 Å². The molecule has 2 aliphatic rings. The molecule has 0 aromatic carbocycles. The number of aryl methyl sites for hydroxylation is 2. The van der Waals surface area contributed by atoms with E-state index in [1.54, 1.807) is 17.9 Å². The Morgan fingerprint density at radius 3 is 2.96 bits per heavy atom. The number of hydrogen-bond donors (Lipinski definition) is 2. The Bertz CT molecular complexity index is 781. The zero-order valence-corrected chi connectivity index (χ0v) is 13.9. The monoisotopic (exact) mass is 330 g/mol. The number of rotatable bonds is 3. The summed E-state index contributed by atoms with van der Waals surface area (Å²) in [7, 11) is 1.80. The Labute approximate surface area is 140 Å². The number of fused-ring (bicyclic) bond motifs is 2. The van der Waals surface area contributed by atoms with Crippen LogP contribution in [-0.2, 0) is 7.05 Å². The first-order chi connectivity index (χ1) is 11.1. The van der Waals surface area contributed by atoms with Gasteiger partial charge in [0.1, 0.15) is 5.15 Å². The molecular formula is C16H19ClN6. The van der Waals surface area contributed by atoms with Gasteiger partial charge >= 0.3 is 0 Å². The predicted octanol–water partition coefficient (Wildman–Crippen LogP) is 2.82. The van der Waals surface area contributed by atoms with Crippen LogP contribution in [0.1, 0.15) is 30.5 Å². The van der Waals surface area contributed by atoms with Gasteiger partial charge in [-0.05, 0) is 37.3 Å². The standard InChI is InChI=1S/C16H19ClN6/c1-9-7-18-16(21-13-8-19-23(2)15(13)17)22-14(9)10-5-11-3-4-12(6-10)20-11/h5,7-8,11-12,20H,3-4,6H2,1-2H3,(H,18,21,22). The first-order valence-corrected chi connectivity index (χ1v) is 8.23. The summed E-state index contributed by atoms with van der Waals surface area (Å²) in [5.41, 5.74) is 4.15. The van der Waals surface area contributed by atoms with Crippen LogP contribution in [0.15, 0.2) is 18.5 Å². The molecule has 7 heteroatoms. The third-order valence-electron chi connectivity index (χ3n) is 4.53. The van der Waals surface area contributed by atoms with Crippen molar-refractivity contribution in [1.29, 1.82) is 0 Å². The van der Waals surface area contributed by atoms with Crippen molar-refractivity contribution < 1.29 is 0 Å². The van der Waals surface area contributed by atoms with Crippen LogP contribution in [0.2, 0.25) is 5.15 Å². The van der Waals surface area contributed by atoms with Crippen LogP contribution >= 0.6 is 11.6 Å². The first kappa shape index (κ1) is 14.7. The molecular weight excluding hydrogens is 312 g/mol. The van der Waals surface area contributed by atoms with E-state index in [0.717, 1.165) is 17.7 Å². The third kappa shape index (κ3) is 2.72. The smallest absolute Gasteiger partial charge is 0.227 e. The molecule has 2 aromatic heterocycles. The Kier molecular flexibility index (Phi) is 3.58. The van der Waals surface area contributed by atoms with Gasteiger partial charge in [-0.3, -0.25) is 4.68 Å². The molecule has 120 valence electrons. The normalized spacial score (nSPS) is 23.0. The number of aromatic nitrogens is 4. The molecule has 2 aromatic rings. The van der Waals surface area contributed by atoms with E-state index < -0.39 is 0 Å². The molecule has 2 aliphatic heterocycles. The van der Waals surface area contributed by atoms with Gasteiger partial charge in [0, 0.05) is 25.3 Å². The third-order valence-corrected chi connectivity index (χ3v) is 4.98. The highest BCUT2D eigenvalue weighted by atomic mass is 35.5. The number of halogens is 1. The van der Waals surface area contributed by atoms with Crippen LogP contribution in [0.4, 0.5) is 11.6 Å². The molecule has 0 aliphatic carbocycles. The van der Waals surface area contributed by atoms with Gasteiger partial charge in [-0.15, -0.1) is 0 Å². The molecule has 23 heavy (non-hydrogen) atoms. The van der Waals surface area contributed by atoms with Crippen molar-refractivity contribution in [3.8, 4) is 0 Å². The van der Waals surface area contributed by atoms with Crippen LogP contribution in [-0.4, -0.2) is 31.8 Å². The van der Waals surface area contributed by atoms with E-state index in [0.29, 0.717) is 28.9 Å². The van der Waals surface area contributed by atoms with Crippen LogP contribution in [0.3, 0.4) is 0 Å². The second-order valence-electron chi connectivity index (χ2n) is 6.27. The molecule has 0 amide bonds. The molecule has 2 bridgehead atoms. The van der Waals surface area contributed by atoms with E-state index >= 15 is 0 Å². The van der Waals surface area contributed by atoms with Gasteiger partial charge < -0.3 is 10.6 Å². The number of nitrogens with zero attached hydrogens (tertiary/aromatic N) is 4. The van der Waals surface area contributed by atoms with Gasteiger partial charge in [0.05, 0.1) is 17.6 Å². The molecule has 6 nitrogen and oxygen atoms in total. The van der Waals surface area contributed by atoms with Gasteiger partial charge in [-0.25, -0.2) is 9.97 Å². The number of hydrogen-bond acceptors (Lipinski definition) is 5. The van der Waals surface area contributed by atoms with Crippen molar-refractivity contribution in [2.75, 3.05) is 5.32 Å². The Morgan fingerprint density at radius 1 is 1.35 bits per heavy atom. The van der Waals surface area contributed by atoms with Crippen LogP contribution < -0.4 is 10.6 Å². The molecule has 2 N–H and O–H groups in total. The Morgan fingerprint density at radius 2 is 2.22 bits per heavy atom. The quantitative estimate of drug-likeness (QED) is 0.905. The average Bonchev–Trinajstić information content (AvgIpc) is 3.05. The molecule has 4 heterocycles. The second kappa shape index (κ2) is 5.62. The van der Waals surface area contributed by atoms with E-state index in [1.165, 1.54) is 18.4 Å². The lowest BCUT2D eigenvalue weighted by Gasteiger charge is -2.22. The van der Waals surface area contributed by atoms with E-state index in [1.807, 2.05) is 6.20 Å². The fraction of sp³-hybridized carbons (Fsp3) is 0.438. The minimum absolute atomic E-state index is 0.488. The molecule has 0 radical (unpaired) electrons. The summed E-state index contributed by atoms with van der Waals surface area (Å²) in [5.74, 6) is 0.548. The average molecular weight is 331 g/mol. The maximum atomic E-state index is 6.19. The zero-order chi connectivity index (χ0) is 16.0. The van der Waals surface area contributed by atoms with Gasteiger partial charge in [-0.1, -0.05) is 17.7 Å². The summed E-state index contributed by atoms with van der Waals surface area (Å²) in [6, 6.07) is 1.07. The predicted molar refractivity (Wildman–Crippen MR) is 90.8 cm³/mol. The first-order valence-electron chi connectivity index (χ1n) is 7.85. The maximum Gasteiger partial charge on any atom is 0.227 e. The Balaban J connectivity index is 1.65. The van der Waals surface area contributed by atoms with Gasteiger partial charge in [0.15, 0.2) is 0 Å². The summed E-state index contributed by atoms with van der Waals surface area (Å²) in [6.45, 7) is 2.06. The van der Waals surface area contributed by atoms with E-state index in [9.17, 15) is 0 Å². The largest absolute Gasteiger partial charge is 0.320 e. The van der Waals surface area contributed by atoms with Gasteiger partial charge in [0.2, 0.25) is 5.95 Å². The highest BCUT2D eigenvalue weighted by Crippen LogP contribution is 2.33. The van der Waals surface area contributed by atoms with Crippen molar-refractivity contribution >= 4 is 28.8 Å². The summed E-state index contributed by atoms with van der Waals surface area (Å²) in [5, 5.41) is 11.4. The van der Waals surface area contributed by atoms with E-state index in [4.69, 9.17) is 16.6 Å². The van der Waals surface area contributed by atoms with Crippen LogP contribution in [0.25, 0.3) is 5.57 Å². The fourth-order valence-electron chi connectivity index (χ4n) is 3.35. The zero-order valence-electron chi connectivity index (χ0n) is 13.2. The lowest BCUT2D eigenvalue weighted by molar-refractivity contribution is 0.574. The molecule has 0 saturated carbocycles. The fourth-order valence-corrected chi connectivity index (χ4v) is 3.49. The van der Waals surface area contributed by atoms with Crippen molar-refractivity contribution in [3.63, 3.8) is 0 Å². The van der Waals surface area contributed by atoms with E-state index in [-0.39, 0.29) is 0 Å². The lowest BCUT2D eigenvalue weighted by Crippen LogP contribution is -2.32. The number of anilines is 2. The second-order valence-corrected chi connectivity index (χ2v) is 6.62. The minimum Gasteiger partial charge on any atom is -0.320 e. The summed E-state index contributed by atoms with van der Waals surface area (Å²) < 4.78 is 1.60. The maximum absolute atomic E-state index is 6.19. The molecule has 2 atom stereocenters. The topological polar surface area (TPSA) is 67.7 Å². The SMILES string of the molecule is Cc1cnc(Nc2cnn(C)c2Cl)nc1C1=CC2CCC(C1)N2. The molecule has 1 fully saturated rings. The summed E-state index contributed by atoms with van der Waals surface area (Å²) >= 11 is 6.19. The minimum atomic E-state index is 0.488. The van der Waals surface area contributed by atoms with Crippen molar-refractivity contribution in [3.05, 3.63) is 34.9 Å². The van der Waals surface area contributed by atoms with Crippen molar-refractivity contribution in [2.24, 2.45) is 7.05 Å². The van der Waals surface area contributed by atoms with Crippen molar-refractivity contribution in [2.45, 2.75) is 38.3 Å². The van der Waals surface area contributed by atoms with Gasteiger partial charge in [0.25, 0.3) is 0 Å². The van der Waals surface area contributed by atoms with Gasteiger partial charge in [-0.2, -0.15) is 5.10 Å². The Hall–Kier alpha value is -1.92. The molecule has 1 saturated heterocycles. The molecule has 0 spiro atoms. The van der Waals surface area contributed by atoms with Crippen molar-refractivity contribution in [1.82, 2.24) is 25.1 Å². The summed E-state index contributed by atoms with van der Waals surface area (Å²) in [6.07, 6.45) is 9.34. The summed E-state index contributed by atoms with van der Waals surface area (Å²) in [4.78, 5) is 9.10.